The number of hydrogen-bond donors (Lipinski definition) is 1. The SMILES string of the molecule is CCN1CCO[C@@H](CNC(c2nccn2C)C2CC2)[C@@H]1c1ccnn1C. The molecule has 1 saturated carbocycles. The molecule has 0 aromatic carbocycles. The van der Waals surface area contributed by atoms with E-state index in [1.54, 1.807) is 0 Å². The van der Waals surface area contributed by atoms with E-state index in [4.69, 9.17) is 4.74 Å². The number of aromatic nitrogens is 4. The molecule has 1 saturated heterocycles. The van der Waals surface area contributed by atoms with Gasteiger partial charge in [-0.15, -0.1) is 0 Å². The highest BCUT2D eigenvalue weighted by Crippen LogP contribution is 2.40. The van der Waals surface area contributed by atoms with Crippen molar-refractivity contribution in [2.75, 3.05) is 26.2 Å². The quantitative estimate of drug-likeness (QED) is 0.816. The molecular weight excluding hydrogens is 328 g/mol. The van der Waals surface area contributed by atoms with Crippen molar-refractivity contribution in [3.63, 3.8) is 0 Å². The Balaban J connectivity index is 1.51. The minimum atomic E-state index is 0.112. The second-order valence-electron chi connectivity index (χ2n) is 7.48. The summed E-state index contributed by atoms with van der Waals surface area (Å²) in [5, 5.41) is 8.17. The van der Waals surface area contributed by atoms with Crippen LogP contribution in [-0.4, -0.2) is 56.6 Å². The Morgan fingerprint density at radius 3 is 2.77 bits per heavy atom. The minimum Gasteiger partial charge on any atom is -0.374 e. The van der Waals surface area contributed by atoms with Gasteiger partial charge in [0.05, 0.1) is 30.5 Å². The van der Waals surface area contributed by atoms with Gasteiger partial charge in [0.25, 0.3) is 0 Å². The lowest BCUT2D eigenvalue weighted by Gasteiger charge is -2.41. The van der Waals surface area contributed by atoms with E-state index in [-0.39, 0.29) is 12.1 Å². The molecule has 0 radical (unpaired) electrons. The van der Waals surface area contributed by atoms with Crippen LogP contribution < -0.4 is 5.32 Å². The number of aryl methyl sites for hydroxylation is 2. The predicted octanol–water partition coefficient (Wildman–Crippen LogP) is 1.66. The summed E-state index contributed by atoms with van der Waals surface area (Å²) in [6, 6.07) is 2.66. The first kappa shape index (κ1) is 17.7. The van der Waals surface area contributed by atoms with Gasteiger partial charge in [-0.2, -0.15) is 5.10 Å². The topological polar surface area (TPSA) is 60.1 Å². The molecule has 0 spiro atoms. The molecule has 1 aliphatic carbocycles. The molecule has 3 atom stereocenters. The van der Waals surface area contributed by atoms with Crippen LogP contribution in [0.5, 0.6) is 0 Å². The lowest BCUT2D eigenvalue weighted by atomic mass is 10.0. The average molecular weight is 358 g/mol. The lowest BCUT2D eigenvalue weighted by Crippen LogP contribution is -2.50. The predicted molar refractivity (Wildman–Crippen MR) is 99.6 cm³/mol. The Bertz CT molecular complexity index is 721. The molecule has 142 valence electrons. The molecule has 0 amide bonds. The van der Waals surface area contributed by atoms with Crippen LogP contribution in [0, 0.1) is 5.92 Å². The summed E-state index contributed by atoms with van der Waals surface area (Å²) in [6.07, 6.45) is 8.47. The zero-order chi connectivity index (χ0) is 18.1. The maximum absolute atomic E-state index is 6.23. The van der Waals surface area contributed by atoms with E-state index in [1.165, 1.54) is 18.5 Å². The molecule has 4 rings (SSSR count). The van der Waals surface area contributed by atoms with Gasteiger partial charge in [0, 0.05) is 45.8 Å². The van der Waals surface area contributed by atoms with Gasteiger partial charge < -0.3 is 14.6 Å². The summed E-state index contributed by atoms with van der Waals surface area (Å²) in [5.74, 6) is 1.82. The van der Waals surface area contributed by atoms with Crippen molar-refractivity contribution < 1.29 is 4.74 Å². The van der Waals surface area contributed by atoms with E-state index >= 15 is 0 Å². The molecule has 7 nitrogen and oxygen atoms in total. The highest BCUT2D eigenvalue weighted by Gasteiger charge is 2.38. The second-order valence-corrected chi connectivity index (χ2v) is 7.48. The summed E-state index contributed by atoms with van der Waals surface area (Å²) in [4.78, 5) is 7.09. The number of nitrogens with zero attached hydrogens (tertiary/aromatic N) is 5. The second kappa shape index (κ2) is 7.50. The van der Waals surface area contributed by atoms with Gasteiger partial charge in [0.15, 0.2) is 0 Å². The molecule has 1 unspecified atom stereocenters. The summed E-state index contributed by atoms with van der Waals surface area (Å²) in [6.45, 7) is 5.81. The number of hydrogen-bond acceptors (Lipinski definition) is 5. The van der Waals surface area contributed by atoms with E-state index in [0.29, 0.717) is 12.0 Å². The van der Waals surface area contributed by atoms with E-state index in [0.717, 1.165) is 32.1 Å². The first-order chi connectivity index (χ1) is 12.7. The number of morpholine rings is 1. The first-order valence-corrected chi connectivity index (χ1v) is 9.73. The first-order valence-electron chi connectivity index (χ1n) is 9.73. The third kappa shape index (κ3) is 3.43. The number of rotatable bonds is 7. The smallest absolute Gasteiger partial charge is 0.125 e. The Kier molecular flexibility index (Phi) is 5.11. The number of likely N-dealkylation sites (N-methyl/N-ethyl adjacent to an activating group) is 1. The van der Waals surface area contributed by atoms with Crippen LogP contribution in [0.3, 0.4) is 0 Å². The number of ether oxygens (including phenoxy) is 1. The Morgan fingerprint density at radius 1 is 1.31 bits per heavy atom. The normalized spacial score (nSPS) is 25.5. The van der Waals surface area contributed by atoms with E-state index in [2.05, 4.69) is 44.9 Å². The minimum absolute atomic E-state index is 0.112. The zero-order valence-electron chi connectivity index (χ0n) is 16.0. The lowest BCUT2D eigenvalue weighted by molar-refractivity contribution is -0.0729. The maximum Gasteiger partial charge on any atom is 0.125 e. The van der Waals surface area contributed by atoms with Crippen LogP contribution in [0.2, 0.25) is 0 Å². The number of imidazole rings is 1. The summed E-state index contributed by atoms with van der Waals surface area (Å²) >= 11 is 0. The fourth-order valence-corrected chi connectivity index (χ4v) is 4.18. The molecule has 1 N–H and O–H groups in total. The molecular formula is C19H30N6O. The van der Waals surface area contributed by atoms with Crippen LogP contribution in [0.4, 0.5) is 0 Å². The van der Waals surface area contributed by atoms with Gasteiger partial charge in [-0.05, 0) is 31.4 Å². The highest BCUT2D eigenvalue weighted by molar-refractivity contribution is 5.12. The van der Waals surface area contributed by atoms with Crippen molar-refractivity contribution in [3.05, 3.63) is 36.2 Å². The third-order valence-electron chi connectivity index (χ3n) is 5.79. The van der Waals surface area contributed by atoms with E-state index < -0.39 is 0 Å². The van der Waals surface area contributed by atoms with Crippen molar-refractivity contribution in [3.8, 4) is 0 Å². The fraction of sp³-hybridized carbons (Fsp3) is 0.684. The maximum atomic E-state index is 6.23. The molecule has 2 fully saturated rings. The van der Waals surface area contributed by atoms with Crippen LogP contribution >= 0.6 is 0 Å². The van der Waals surface area contributed by atoms with Gasteiger partial charge in [-0.25, -0.2) is 4.98 Å². The molecule has 3 heterocycles. The summed E-state index contributed by atoms with van der Waals surface area (Å²) in [7, 11) is 4.09. The third-order valence-corrected chi connectivity index (χ3v) is 5.79. The van der Waals surface area contributed by atoms with Gasteiger partial charge in [-0.3, -0.25) is 9.58 Å². The summed E-state index contributed by atoms with van der Waals surface area (Å²) in [5.41, 5.74) is 1.22. The van der Waals surface area contributed by atoms with Gasteiger partial charge in [0.1, 0.15) is 5.82 Å². The average Bonchev–Trinajstić information content (AvgIpc) is 3.27. The molecule has 26 heavy (non-hydrogen) atoms. The van der Waals surface area contributed by atoms with Crippen molar-refractivity contribution >= 4 is 0 Å². The fourth-order valence-electron chi connectivity index (χ4n) is 4.18. The molecule has 7 heteroatoms. The zero-order valence-corrected chi connectivity index (χ0v) is 16.0. The van der Waals surface area contributed by atoms with E-state index in [9.17, 15) is 0 Å². The van der Waals surface area contributed by atoms with E-state index in [1.807, 2.05) is 30.3 Å². The number of nitrogens with one attached hydrogen (secondary N) is 1. The molecule has 1 aliphatic heterocycles. The van der Waals surface area contributed by atoms with Crippen molar-refractivity contribution in [2.24, 2.45) is 20.0 Å². The van der Waals surface area contributed by atoms with Gasteiger partial charge >= 0.3 is 0 Å². The Labute approximate surface area is 155 Å². The van der Waals surface area contributed by atoms with Crippen LogP contribution in [-0.2, 0) is 18.8 Å². The Hall–Kier alpha value is -1.70. The molecule has 2 aliphatic rings. The van der Waals surface area contributed by atoms with Crippen molar-refractivity contribution in [2.45, 2.75) is 38.0 Å². The molecule has 2 aromatic heterocycles. The molecule has 2 aromatic rings. The van der Waals surface area contributed by atoms with Crippen LogP contribution in [0.25, 0.3) is 0 Å². The molecule has 0 bridgehead atoms. The summed E-state index contributed by atoms with van der Waals surface area (Å²) < 4.78 is 10.3. The largest absolute Gasteiger partial charge is 0.374 e. The standard InChI is InChI=1S/C19H30N6O/c1-4-25-11-12-26-16(18(25)15-7-8-22-24(15)3)13-21-17(14-5-6-14)19-20-9-10-23(19)2/h7-10,14,16-18,21H,4-6,11-13H2,1-3H3/t16-,17?,18-/m0/s1. The van der Waals surface area contributed by atoms with Gasteiger partial charge in [-0.1, -0.05) is 6.92 Å². The van der Waals surface area contributed by atoms with Crippen molar-refractivity contribution in [1.82, 2.24) is 29.5 Å². The monoisotopic (exact) mass is 358 g/mol. The van der Waals surface area contributed by atoms with Crippen LogP contribution in [0.15, 0.2) is 24.7 Å². The van der Waals surface area contributed by atoms with Gasteiger partial charge in [0.2, 0.25) is 0 Å². The highest BCUT2D eigenvalue weighted by atomic mass is 16.5. The van der Waals surface area contributed by atoms with Crippen LogP contribution in [0.1, 0.15) is 43.4 Å². The van der Waals surface area contributed by atoms with Crippen molar-refractivity contribution in [1.29, 1.82) is 0 Å². The Morgan fingerprint density at radius 2 is 2.15 bits per heavy atom.